The molecule has 2 rings (SSSR count). The van der Waals surface area contributed by atoms with E-state index < -0.39 is 11.8 Å². The molecular weight excluding hydrogens is 284 g/mol. The zero-order chi connectivity index (χ0) is 15.9. The number of hydrogen-bond donors (Lipinski definition) is 3. The predicted molar refractivity (Wildman–Crippen MR) is 83.4 cm³/mol. The van der Waals surface area contributed by atoms with Crippen molar-refractivity contribution >= 4 is 28.5 Å². The SMILES string of the molecule is CC(C)OCCCNC(=O)C(=O)Nc1ccc2nc[nH]c2c1. The number of benzene rings is 1. The Bertz CT molecular complexity index is 651. The molecule has 3 N–H and O–H groups in total. The number of carbonyl (C=O) groups is 2. The zero-order valence-corrected chi connectivity index (χ0v) is 12.7. The van der Waals surface area contributed by atoms with Crippen molar-refractivity contribution in [3.05, 3.63) is 24.5 Å². The molecule has 7 heteroatoms. The monoisotopic (exact) mass is 304 g/mol. The molecule has 0 aliphatic carbocycles. The maximum Gasteiger partial charge on any atom is 0.313 e. The van der Waals surface area contributed by atoms with Crippen LogP contribution in [0.1, 0.15) is 20.3 Å². The number of amides is 2. The zero-order valence-electron chi connectivity index (χ0n) is 12.7. The van der Waals surface area contributed by atoms with Crippen LogP contribution < -0.4 is 10.6 Å². The van der Waals surface area contributed by atoms with Gasteiger partial charge in [0.1, 0.15) is 0 Å². The van der Waals surface area contributed by atoms with E-state index in [4.69, 9.17) is 4.74 Å². The standard InChI is InChI=1S/C15H20N4O3/c1-10(2)22-7-3-6-16-14(20)15(21)19-11-4-5-12-13(8-11)18-9-17-12/h4-5,8-10H,3,6-7H2,1-2H3,(H,16,20)(H,17,18)(H,19,21). The second-order valence-electron chi connectivity index (χ2n) is 5.12. The van der Waals surface area contributed by atoms with Crippen LogP contribution >= 0.6 is 0 Å². The molecule has 118 valence electrons. The van der Waals surface area contributed by atoms with Crippen molar-refractivity contribution in [2.75, 3.05) is 18.5 Å². The van der Waals surface area contributed by atoms with Crippen molar-refractivity contribution in [1.29, 1.82) is 0 Å². The van der Waals surface area contributed by atoms with E-state index in [0.29, 0.717) is 25.3 Å². The second kappa shape index (κ2) is 7.56. The van der Waals surface area contributed by atoms with Gasteiger partial charge in [-0.25, -0.2) is 4.98 Å². The maximum atomic E-state index is 11.8. The van der Waals surface area contributed by atoms with Crippen molar-refractivity contribution in [3.8, 4) is 0 Å². The smallest absolute Gasteiger partial charge is 0.313 e. The third-order valence-electron chi connectivity index (χ3n) is 2.94. The summed E-state index contributed by atoms with van der Waals surface area (Å²) in [6.45, 7) is 4.85. The number of rotatable bonds is 6. The van der Waals surface area contributed by atoms with Crippen LogP contribution in [0.25, 0.3) is 11.0 Å². The molecule has 0 saturated heterocycles. The van der Waals surface area contributed by atoms with Gasteiger partial charge in [-0.1, -0.05) is 0 Å². The van der Waals surface area contributed by atoms with Crippen LogP contribution in [-0.2, 0) is 14.3 Å². The van der Waals surface area contributed by atoms with Crippen LogP contribution in [0, 0.1) is 0 Å². The summed E-state index contributed by atoms with van der Waals surface area (Å²) in [7, 11) is 0. The minimum atomic E-state index is -0.691. The summed E-state index contributed by atoms with van der Waals surface area (Å²) in [5.74, 6) is -1.35. The predicted octanol–water partition coefficient (Wildman–Crippen LogP) is 1.43. The Morgan fingerprint density at radius 2 is 2.14 bits per heavy atom. The van der Waals surface area contributed by atoms with Gasteiger partial charge < -0.3 is 20.4 Å². The van der Waals surface area contributed by atoms with E-state index in [0.717, 1.165) is 11.0 Å². The number of fused-ring (bicyclic) bond motifs is 1. The number of nitrogens with zero attached hydrogens (tertiary/aromatic N) is 1. The average molecular weight is 304 g/mol. The van der Waals surface area contributed by atoms with Gasteiger partial charge in [0, 0.05) is 18.8 Å². The molecule has 1 aromatic heterocycles. The Labute approximate surface area is 128 Å². The van der Waals surface area contributed by atoms with Gasteiger partial charge in [0.25, 0.3) is 0 Å². The van der Waals surface area contributed by atoms with Crippen LogP contribution in [0.15, 0.2) is 24.5 Å². The van der Waals surface area contributed by atoms with Crippen LogP contribution in [0.3, 0.4) is 0 Å². The van der Waals surface area contributed by atoms with E-state index in [-0.39, 0.29) is 6.10 Å². The first kappa shape index (κ1) is 16.0. The molecule has 7 nitrogen and oxygen atoms in total. The summed E-state index contributed by atoms with van der Waals surface area (Å²) >= 11 is 0. The Morgan fingerprint density at radius 1 is 1.32 bits per heavy atom. The highest BCUT2D eigenvalue weighted by Crippen LogP contribution is 2.15. The molecule has 0 fully saturated rings. The van der Waals surface area contributed by atoms with Crippen molar-refractivity contribution in [3.63, 3.8) is 0 Å². The molecule has 0 aliphatic rings. The highest BCUT2D eigenvalue weighted by molar-refractivity contribution is 6.39. The Balaban J connectivity index is 1.77. The number of anilines is 1. The summed E-state index contributed by atoms with van der Waals surface area (Å²) in [4.78, 5) is 30.5. The van der Waals surface area contributed by atoms with E-state index in [9.17, 15) is 9.59 Å². The third-order valence-corrected chi connectivity index (χ3v) is 2.94. The molecule has 0 unspecified atom stereocenters. The fourth-order valence-corrected chi connectivity index (χ4v) is 1.87. The summed E-state index contributed by atoms with van der Waals surface area (Å²) in [5.41, 5.74) is 2.14. The summed E-state index contributed by atoms with van der Waals surface area (Å²) in [5, 5.41) is 5.11. The number of nitrogens with one attached hydrogen (secondary N) is 3. The molecule has 0 bridgehead atoms. The number of carbonyl (C=O) groups excluding carboxylic acids is 2. The number of aromatic amines is 1. The van der Waals surface area contributed by atoms with Crippen LogP contribution in [-0.4, -0.2) is 41.0 Å². The fourth-order valence-electron chi connectivity index (χ4n) is 1.87. The maximum absolute atomic E-state index is 11.8. The van der Waals surface area contributed by atoms with Gasteiger partial charge in [-0.2, -0.15) is 0 Å². The molecular formula is C15H20N4O3. The van der Waals surface area contributed by atoms with E-state index in [2.05, 4.69) is 20.6 Å². The molecule has 2 aromatic rings. The minimum absolute atomic E-state index is 0.163. The van der Waals surface area contributed by atoms with E-state index in [1.165, 1.54) is 0 Å². The first-order valence-corrected chi connectivity index (χ1v) is 7.20. The number of hydrogen-bond acceptors (Lipinski definition) is 4. The van der Waals surface area contributed by atoms with Gasteiger partial charge in [0.15, 0.2) is 0 Å². The first-order valence-electron chi connectivity index (χ1n) is 7.20. The normalized spacial score (nSPS) is 10.9. The van der Waals surface area contributed by atoms with Gasteiger partial charge >= 0.3 is 11.8 Å². The lowest BCUT2D eigenvalue weighted by Gasteiger charge is -2.08. The Hall–Kier alpha value is -2.41. The van der Waals surface area contributed by atoms with Crippen LogP contribution in [0.5, 0.6) is 0 Å². The molecule has 1 aromatic carbocycles. The fraction of sp³-hybridized carbons (Fsp3) is 0.400. The number of aromatic nitrogens is 2. The highest BCUT2D eigenvalue weighted by atomic mass is 16.5. The molecule has 0 radical (unpaired) electrons. The van der Waals surface area contributed by atoms with Gasteiger partial charge in [0.2, 0.25) is 0 Å². The lowest BCUT2D eigenvalue weighted by molar-refractivity contribution is -0.136. The van der Waals surface area contributed by atoms with E-state index >= 15 is 0 Å². The summed E-state index contributed by atoms with van der Waals surface area (Å²) in [6, 6.07) is 5.19. The molecule has 0 spiro atoms. The van der Waals surface area contributed by atoms with Crippen LogP contribution in [0.2, 0.25) is 0 Å². The number of H-pyrrole nitrogens is 1. The van der Waals surface area contributed by atoms with Gasteiger partial charge in [-0.05, 0) is 38.5 Å². The largest absolute Gasteiger partial charge is 0.379 e. The van der Waals surface area contributed by atoms with E-state index in [1.807, 2.05) is 13.8 Å². The third kappa shape index (κ3) is 4.56. The molecule has 0 aliphatic heterocycles. The topological polar surface area (TPSA) is 96.1 Å². The van der Waals surface area contributed by atoms with Crippen molar-refractivity contribution in [2.24, 2.45) is 0 Å². The lowest BCUT2D eigenvalue weighted by Crippen LogP contribution is -2.36. The molecule has 22 heavy (non-hydrogen) atoms. The molecule has 0 atom stereocenters. The summed E-state index contributed by atoms with van der Waals surface area (Å²) < 4.78 is 5.35. The molecule has 1 heterocycles. The number of ether oxygens (including phenoxy) is 1. The van der Waals surface area contributed by atoms with Gasteiger partial charge in [-0.15, -0.1) is 0 Å². The minimum Gasteiger partial charge on any atom is -0.379 e. The van der Waals surface area contributed by atoms with E-state index in [1.54, 1.807) is 24.5 Å². The van der Waals surface area contributed by atoms with Gasteiger partial charge in [0.05, 0.1) is 23.5 Å². The van der Waals surface area contributed by atoms with Crippen molar-refractivity contribution in [1.82, 2.24) is 15.3 Å². The highest BCUT2D eigenvalue weighted by Gasteiger charge is 2.13. The summed E-state index contributed by atoms with van der Waals surface area (Å²) in [6.07, 6.45) is 2.40. The quantitative estimate of drug-likeness (QED) is 0.555. The van der Waals surface area contributed by atoms with Gasteiger partial charge in [-0.3, -0.25) is 9.59 Å². The Morgan fingerprint density at radius 3 is 2.91 bits per heavy atom. The van der Waals surface area contributed by atoms with Crippen molar-refractivity contribution < 1.29 is 14.3 Å². The van der Waals surface area contributed by atoms with Crippen LogP contribution in [0.4, 0.5) is 5.69 Å². The molecule has 2 amide bonds. The second-order valence-corrected chi connectivity index (χ2v) is 5.12. The van der Waals surface area contributed by atoms with Crippen molar-refractivity contribution in [2.45, 2.75) is 26.4 Å². The first-order chi connectivity index (χ1) is 10.6. The lowest BCUT2D eigenvalue weighted by atomic mass is 10.2. The number of imidazole rings is 1. The Kier molecular flexibility index (Phi) is 5.48. The average Bonchev–Trinajstić information content (AvgIpc) is 2.93. The molecule has 0 saturated carbocycles.